The molecule has 0 radical (unpaired) electrons. The molecule has 2 heterocycles. The van der Waals surface area contributed by atoms with E-state index in [9.17, 15) is 14.0 Å². The molecule has 0 saturated heterocycles. The fourth-order valence-electron chi connectivity index (χ4n) is 2.71. The van der Waals surface area contributed by atoms with Crippen LogP contribution in [0.15, 0.2) is 41.6 Å². The van der Waals surface area contributed by atoms with E-state index in [1.165, 1.54) is 28.4 Å². The van der Waals surface area contributed by atoms with Crippen molar-refractivity contribution >= 4 is 40.5 Å². The van der Waals surface area contributed by atoms with Crippen molar-refractivity contribution < 1.29 is 18.8 Å². The molecule has 1 atom stereocenters. The highest BCUT2D eigenvalue weighted by Crippen LogP contribution is 2.26. The van der Waals surface area contributed by atoms with Gasteiger partial charge in [-0.05, 0) is 36.8 Å². The summed E-state index contributed by atoms with van der Waals surface area (Å²) in [6, 6.07) is 9.46. The molecule has 9 heteroatoms. The topological polar surface area (TPSA) is 71.0 Å². The smallest absolute Gasteiger partial charge is 0.267 e. The minimum absolute atomic E-state index is 0.0868. The van der Waals surface area contributed by atoms with Gasteiger partial charge in [0.05, 0.1) is 15.8 Å². The Morgan fingerprint density at radius 3 is 2.71 bits per heavy atom. The molecule has 148 valence electrons. The first-order valence-corrected chi connectivity index (χ1v) is 9.94. The summed E-state index contributed by atoms with van der Waals surface area (Å²) in [5.74, 6) is -0.926. The van der Waals surface area contributed by atoms with Crippen LogP contribution in [-0.4, -0.2) is 41.6 Å². The van der Waals surface area contributed by atoms with Crippen molar-refractivity contribution in [3.05, 3.63) is 57.0 Å². The quantitative estimate of drug-likeness (QED) is 0.743. The highest BCUT2D eigenvalue weighted by Gasteiger charge is 2.33. The summed E-state index contributed by atoms with van der Waals surface area (Å²) in [5, 5.41) is 6.72. The Kier molecular flexibility index (Phi) is 6.64. The van der Waals surface area contributed by atoms with Crippen molar-refractivity contribution in [3.8, 4) is 0 Å². The lowest BCUT2D eigenvalue weighted by molar-refractivity contribution is -0.144. The molecule has 2 amide bonds. The summed E-state index contributed by atoms with van der Waals surface area (Å²) in [6.07, 6.45) is -0.413. The molecule has 1 aromatic carbocycles. The van der Waals surface area contributed by atoms with Crippen LogP contribution in [0.3, 0.4) is 0 Å². The van der Waals surface area contributed by atoms with Crippen LogP contribution in [0.1, 0.15) is 23.8 Å². The van der Waals surface area contributed by atoms with E-state index in [0.717, 1.165) is 10.4 Å². The molecular weight excluding hydrogens is 405 g/mol. The average molecular weight is 424 g/mol. The van der Waals surface area contributed by atoms with Crippen molar-refractivity contribution in [2.75, 3.05) is 13.1 Å². The van der Waals surface area contributed by atoms with Crippen LogP contribution in [0.4, 0.5) is 4.39 Å². The van der Waals surface area contributed by atoms with E-state index in [0.29, 0.717) is 23.0 Å². The van der Waals surface area contributed by atoms with E-state index in [4.69, 9.17) is 16.4 Å². The monoisotopic (exact) mass is 423 g/mol. The van der Waals surface area contributed by atoms with Gasteiger partial charge in [-0.25, -0.2) is 4.39 Å². The first kappa shape index (κ1) is 20.3. The first-order valence-electron chi connectivity index (χ1n) is 8.74. The third-order valence-electron chi connectivity index (χ3n) is 4.23. The molecular formula is C19H19ClFN3O3S. The molecule has 1 N–H and O–H groups in total. The number of nitrogens with zero attached hydrogens (tertiary/aromatic N) is 2. The Morgan fingerprint density at radius 2 is 2.07 bits per heavy atom. The van der Waals surface area contributed by atoms with Crippen LogP contribution < -0.4 is 5.32 Å². The van der Waals surface area contributed by atoms with E-state index in [1.807, 2.05) is 6.07 Å². The zero-order valence-corrected chi connectivity index (χ0v) is 16.7. The SMILES string of the molecule is CCN(CC(=O)NCc1ccc(F)cc1)C(=O)C1CC(c2ccc(Cl)s2)=NO1. The molecule has 2 aromatic rings. The number of carbonyl (C=O) groups is 2. The summed E-state index contributed by atoms with van der Waals surface area (Å²) < 4.78 is 13.6. The van der Waals surface area contributed by atoms with Gasteiger partial charge in [-0.3, -0.25) is 9.59 Å². The number of rotatable bonds is 7. The van der Waals surface area contributed by atoms with Crippen molar-refractivity contribution in [2.45, 2.75) is 26.0 Å². The largest absolute Gasteiger partial charge is 0.382 e. The molecule has 0 saturated carbocycles. The van der Waals surface area contributed by atoms with Crippen molar-refractivity contribution in [3.63, 3.8) is 0 Å². The van der Waals surface area contributed by atoms with Crippen LogP contribution in [-0.2, 0) is 21.0 Å². The van der Waals surface area contributed by atoms with E-state index >= 15 is 0 Å². The minimum atomic E-state index is -0.749. The Hall–Kier alpha value is -2.45. The second-order valence-corrected chi connectivity index (χ2v) is 7.91. The Morgan fingerprint density at radius 1 is 1.32 bits per heavy atom. The summed E-state index contributed by atoms with van der Waals surface area (Å²) in [4.78, 5) is 32.5. The number of halogens is 2. The summed E-state index contributed by atoms with van der Waals surface area (Å²) in [7, 11) is 0. The van der Waals surface area contributed by atoms with Crippen LogP contribution in [0, 0.1) is 5.82 Å². The van der Waals surface area contributed by atoms with Crippen LogP contribution in [0.2, 0.25) is 4.34 Å². The molecule has 0 aliphatic carbocycles. The van der Waals surface area contributed by atoms with Gasteiger partial charge in [0, 0.05) is 19.5 Å². The van der Waals surface area contributed by atoms with Gasteiger partial charge in [0.2, 0.25) is 12.0 Å². The van der Waals surface area contributed by atoms with Gasteiger partial charge in [-0.1, -0.05) is 28.9 Å². The highest BCUT2D eigenvalue weighted by atomic mass is 35.5. The van der Waals surface area contributed by atoms with Crippen molar-refractivity contribution in [1.29, 1.82) is 0 Å². The van der Waals surface area contributed by atoms with E-state index in [1.54, 1.807) is 25.1 Å². The maximum Gasteiger partial charge on any atom is 0.267 e. The molecule has 3 rings (SSSR count). The molecule has 1 unspecified atom stereocenters. The Labute approximate surface area is 170 Å². The first-order chi connectivity index (χ1) is 13.5. The number of carbonyl (C=O) groups excluding carboxylic acids is 2. The predicted molar refractivity (Wildman–Crippen MR) is 106 cm³/mol. The van der Waals surface area contributed by atoms with E-state index < -0.39 is 6.10 Å². The third-order valence-corrected chi connectivity index (χ3v) is 5.51. The van der Waals surface area contributed by atoms with Crippen LogP contribution in [0.5, 0.6) is 0 Å². The Bertz CT molecular complexity index is 885. The van der Waals surface area contributed by atoms with Gasteiger partial charge in [0.25, 0.3) is 5.91 Å². The van der Waals surface area contributed by atoms with Crippen LogP contribution >= 0.6 is 22.9 Å². The molecule has 0 spiro atoms. The van der Waals surface area contributed by atoms with E-state index in [-0.39, 0.29) is 30.7 Å². The fraction of sp³-hybridized carbons (Fsp3) is 0.316. The zero-order chi connectivity index (χ0) is 20.1. The second-order valence-electron chi connectivity index (χ2n) is 6.20. The number of oxime groups is 1. The maximum atomic E-state index is 12.9. The number of likely N-dealkylation sites (N-methyl/N-ethyl adjacent to an activating group) is 1. The molecule has 1 aliphatic rings. The van der Waals surface area contributed by atoms with Crippen LogP contribution in [0.25, 0.3) is 0 Å². The van der Waals surface area contributed by atoms with Gasteiger partial charge in [-0.15, -0.1) is 11.3 Å². The molecule has 28 heavy (non-hydrogen) atoms. The van der Waals surface area contributed by atoms with Gasteiger partial charge in [0.15, 0.2) is 0 Å². The van der Waals surface area contributed by atoms with Crippen molar-refractivity contribution in [2.24, 2.45) is 5.16 Å². The molecule has 0 fully saturated rings. The number of hydrogen-bond acceptors (Lipinski definition) is 5. The molecule has 1 aliphatic heterocycles. The number of thiophene rings is 1. The van der Waals surface area contributed by atoms with Gasteiger partial charge in [0.1, 0.15) is 11.5 Å². The zero-order valence-electron chi connectivity index (χ0n) is 15.2. The van der Waals surface area contributed by atoms with E-state index in [2.05, 4.69) is 10.5 Å². The normalized spacial score (nSPS) is 15.7. The van der Waals surface area contributed by atoms with Gasteiger partial charge >= 0.3 is 0 Å². The highest BCUT2D eigenvalue weighted by molar-refractivity contribution is 7.18. The number of benzene rings is 1. The predicted octanol–water partition coefficient (Wildman–Crippen LogP) is 3.20. The van der Waals surface area contributed by atoms with Gasteiger partial charge < -0.3 is 15.1 Å². The summed E-state index contributed by atoms with van der Waals surface area (Å²) >= 11 is 7.31. The number of amides is 2. The Balaban J connectivity index is 1.51. The molecule has 6 nitrogen and oxygen atoms in total. The average Bonchev–Trinajstić information content (AvgIpc) is 3.34. The number of hydrogen-bond donors (Lipinski definition) is 1. The standard InChI is InChI=1S/C19H19ClFN3O3S/c1-2-24(11-18(25)22-10-12-3-5-13(21)6-4-12)19(26)15-9-14(23-27-15)16-7-8-17(20)28-16/h3-8,15H,2,9-11H2,1H3,(H,22,25). The fourth-order valence-corrected chi connectivity index (χ4v) is 3.74. The lowest BCUT2D eigenvalue weighted by atomic mass is 10.1. The van der Waals surface area contributed by atoms with Crippen molar-refractivity contribution in [1.82, 2.24) is 10.2 Å². The molecule has 0 bridgehead atoms. The molecule has 1 aromatic heterocycles. The second kappa shape index (κ2) is 9.16. The lowest BCUT2D eigenvalue weighted by Crippen LogP contribution is -2.44. The maximum absolute atomic E-state index is 12.9. The lowest BCUT2D eigenvalue weighted by Gasteiger charge is -2.22. The minimum Gasteiger partial charge on any atom is -0.382 e. The van der Waals surface area contributed by atoms with Gasteiger partial charge in [-0.2, -0.15) is 0 Å². The number of nitrogens with one attached hydrogen (secondary N) is 1. The third kappa shape index (κ3) is 5.08. The summed E-state index contributed by atoms with van der Waals surface area (Å²) in [5.41, 5.74) is 1.45. The summed E-state index contributed by atoms with van der Waals surface area (Å²) in [6.45, 7) is 2.33.